The van der Waals surface area contributed by atoms with Crippen LogP contribution in [-0.2, 0) is 6.42 Å². The monoisotopic (exact) mass is 254 g/mol. The number of halogens is 1. The van der Waals surface area contributed by atoms with E-state index < -0.39 is 5.97 Å². The largest absolute Gasteiger partial charge is 0.478 e. The SMILES string of the molecule is O=C(O)c1cc(Cc2cccs2)nnc1Cl. The lowest BCUT2D eigenvalue weighted by Crippen LogP contribution is -2.03. The van der Waals surface area contributed by atoms with Gasteiger partial charge in [0, 0.05) is 11.3 Å². The molecular weight excluding hydrogens is 248 g/mol. The fraction of sp³-hybridized carbons (Fsp3) is 0.100. The smallest absolute Gasteiger partial charge is 0.338 e. The van der Waals surface area contributed by atoms with Crippen LogP contribution in [0, 0.1) is 0 Å². The highest BCUT2D eigenvalue weighted by molar-refractivity contribution is 7.09. The first-order valence-corrected chi connectivity index (χ1v) is 5.70. The minimum absolute atomic E-state index is 0.0109. The third-order valence-electron chi connectivity index (χ3n) is 1.97. The summed E-state index contributed by atoms with van der Waals surface area (Å²) >= 11 is 7.21. The molecule has 2 heterocycles. The van der Waals surface area contributed by atoms with Crippen molar-refractivity contribution in [2.24, 2.45) is 0 Å². The highest BCUT2D eigenvalue weighted by Crippen LogP contribution is 2.17. The molecular formula is C10H7ClN2O2S. The molecule has 0 unspecified atom stereocenters. The van der Waals surface area contributed by atoms with Crippen LogP contribution in [0.5, 0.6) is 0 Å². The van der Waals surface area contributed by atoms with Crippen molar-refractivity contribution in [2.45, 2.75) is 6.42 Å². The zero-order valence-corrected chi connectivity index (χ0v) is 9.63. The second-order valence-corrected chi connectivity index (χ2v) is 4.49. The van der Waals surface area contributed by atoms with Gasteiger partial charge in [0.15, 0.2) is 5.15 Å². The predicted molar refractivity (Wildman–Crippen MR) is 61.1 cm³/mol. The van der Waals surface area contributed by atoms with Crippen molar-refractivity contribution in [2.75, 3.05) is 0 Å². The van der Waals surface area contributed by atoms with Crippen LogP contribution < -0.4 is 0 Å². The first-order valence-electron chi connectivity index (χ1n) is 4.44. The maximum Gasteiger partial charge on any atom is 0.338 e. The summed E-state index contributed by atoms with van der Waals surface area (Å²) in [5.74, 6) is -1.09. The van der Waals surface area contributed by atoms with Crippen LogP contribution in [-0.4, -0.2) is 21.3 Å². The van der Waals surface area contributed by atoms with Crippen LogP contribution in [0.4, 0.5) is 0 Å². The number of carboxylic acids is 1. The number of aromatic carboxylic acids is 1. The lowest BCUT2D eigenvalue weighted by atomic mass is 10.2. The van der Waals surface area contributed by atoms with E-state index in [2.05, 4.69) is 10.2 Å². The second-order valence-electron chi connectivity index (χ2n) is 3.10. The standard InChI is InChI=1S/C10H7ClN2O2S/c11-9-8(10(14)15)5-6(12-13-9)4-7-2-1-3-16-7/h1-3,5H,4H2,(H,14,15). The van der Waals surface area contributed by atoms with E-state index in [4.69, 9.17) is 16.7 Å². The van der Waals surface area contributed by atoms with Gasteiger partial charge in [-0.05, 0) is 17.5 Å². The summed E-state index contributed by atoms with van der Waals surface area (Å²) in [7, 11) is 0. The lowest BCUT2D eigenvalue weighted by molar-refractivity contribution is 0.0696. The Morgan fingerprint density at radius 1 is 1.50 bits per heavy atom. The van der Waals surface area contributed by atoms with Gasteiger partial charge in [0.2, 0.25) is 0 Å². The van der Waals surface area contributed by atoms with Gasteiger partial charge in [-0.25, -0.2) is 4.79 Å². The maximum atomic E-state index is 10.8. The Morgan fingerprint density at radius 3 is 2.94 bits per heavy atom. The molecule has 4 nitrogen and oxygen atoms in total. The maximum absolute atomic E-state index is 10.8. The fourth-order valence-electron chi connectivity index (χ4n) is 1.25. The van der Waals surface area contributed by atoms with Gasteiger partial charge in [-0.15, -0.1) is 16.4 Å². The Labute approximate surface area is 101 Å². The van der Waals surface area contributed by atoms with E-state index in [1.54, 1.807) is 11.3 Å². The van der Waals surface area contributed by atoms with Crippen molar-refractivity contribution in [3.05, 3.63) is 44.9 Å². The highest BCUT2D eigenvalue weighted by atomic mass is 35.5. The quantitative estimate of drug-likeness (QED) is 0.914. The summed E-state index contributed by atoms with van der Waals surface area (Å²) in [6.45, 7) is 0. The summed E-state index contributed by atoms with van der Waals surface area (Å²) in [5.41, 5.74) is 0.590. The second kappa shape index (κ2) is 4.59. The molecule has 0 saturated heterocycles. The van der Waals surface area contributed by atoms with E-state index in [9.17, 15) is 4.79 Å². The molecule has 6 heteroatoms. The van der Waals surface area contributed by atoms with Crippen molar-refractivity contribution in [1.82, 2.24) is 10.2 Å². The van der Waals surface area contributed by atoms with Crippen molar-refractivity contribution < 1.29 is 9.90 Å². The first-order chi connectivity index (χ1) is 7.66. The summed E-state index contributed by atoms with van der Waals surface area (Å²) in [6.07, 6.45) is 0.572. The number of thiophene rings is 1. The van der Waals surface area contributed by atoms with Crippen LogP contribution >= 0.6 is 22.9 Å². The molecule has 0 aliphatic carbocycles. The molecule has 0 aliphatic rings. The van der Waals surface area contributed by atoms with Gasteiger partial charge in [0.25, 0.3) is 0 Å². The topological polar surface area (TPSA) is 63.1 Å². The Balaban J connectivity index is 2.29. The summed E-state index contributed by atoms with van der Waals surface area (Å²) in [5, 5.41) is 18.2. The Morgan fingerprint density at radius 2 is 2.31 bits per heavy atom. The van der Waals surface area contributed by atoms with Crippen molar-refractivity contribution >= 4 is 28.9 Å². The van der Waals surface area contributed by atoms with E-state index in [0.717, 1.165) is 4.88 Å². The number of rotatable bonds is 3. The van der Waals surface area contributed by atoms with Gasteiger partial charge >= 0.3 is 5.97 Å². The average molecular weight is 255 g/mol. The third-order valence-corrected chi connectivity index (χ3v) is 3.12. The first kappa shape index (κ1) is 11.0. The average Bonchev–Trinajstić information content (AvgIpc) is 2.73. The van der Waals surface area contributed by atoms with Crippen LogP contribution in [0.25, 0.3) is 0 Å². The number of hydrogen-bond acceptors (Lipinski definition) is 4. The minimum Gasteiger partial charge on any atom is -0.478 e. The molecule has 0 saturated carbocycles. The molecule has 2 aromatic rings. The molecule has 2 aromatic heterocycles. The zero-order valence-electron chi connectivity index (χ0n) is 8.05. The van der Waals surface area contributed by atoms with E-state index >= 15 is 0 Å². The van der Waals surface area contributed by atoms with E-state index in [-0.39, 0.29) is 10.7 Å². The fourth-order valence-corrected chi connectivity index (χ4v) is 2.14. The zero-order chi connectivity index (χ0) is 11.5. The summed E-state index contributed by atoms with van der Waals surface area (Å²) < 4.78 is 0. The summed E-state index contributed by atoms with van der Waals surface area (Å²) in [6, 6.07) is 5.35. The molecule has 0 bridgehead atoms. The van der Waals surface area contributed by atoms with Crippen LogP contribution in [0.3, 0.4) is 0 Å². The normalized spacial score (nSPS) is 10.3. The van der Waals surface area contributed by atoms with Crippen molar-refractivity contribution in [3.63, 3.8) is 0 Å². The molecule has 0 aromatic carbocycles. The highest BCUT2D eigenvalue weighted by Gasteiger charge is 2.12. The summed E-state index contributed by atoms with van der Waals surface area (Å²) in [4.78, 5) is 11.9. The van der Waals surface area contributed by atoms with Crippen LogP contribution in [0.2, 0.25) is 5.15 Å². The molecule has 82 valence electrons. The van der Waals surface area contributed by atoms with Crippen LogP contribution in [0.1, 0.15) is 20.9 Å². The number of nitrogens with zero attached hydrogens (tertiary/aromatic N) is 2. The van der Waals surface area contributed by atoms with E-state index in [1.807, 2.05) is 17.5 Å². The third kappa shape index (κ3) is 2.37. The molecule has 16 heavy (non-hydrogen) atoms. The molecule has 1 N–H and O–H groups in total. The molecule has 0 spiro atoms. The Bertz CT molecular complexity index is 514. The minimum atomic E-state index is -1.09. The van der Waals surface area contributed by atoms with Gasteiger partial charge in [-0.2, -0.15) is 5.10 Å². The van der Waals surface area contributed by atoms with Gasteiger partial charge in [-0.3, -0.25) is 0 Å². The molecule has 0 atom stereocenters. The number of carbonyl (C=O) groups is 1. The van der Waals surface area contributed by atoms with Crippen molar-refractivity contribution in [1.29, 1.82) is 0 Å². The van der Waals surface area contributed by atoms with E-state index in [0.29, 0.717) is 12.1 Å². The predicted octanol–water partition coefficient (Wildman–Crippen LogP) is 2.48. The van der Waals surface area contributed by atoms with E-state index in [1.165, 1.54) is 6.07 Å². The Kier molecular flexibility index (Phi) is 3.17. The van der Waals surface area contributed by atoms with Crippen LogP contribution in [0.15, 0.2) is 23.6 Å². The molecule has 2 rings (SSSR count). The molecule has 0 radical (unpaired) electrons. The molecule has 0 aliphatic heterocycles. The molecule has 0 amide bonds. The van der Waals surface area contributed by atoms with Gasteiger partial charge < -0.3 is 5.11 Å². The van der Waals surface area contributed by atoms with Gasteiger partial charge in [0.05, 0.1) is 5.69 Å². The number of carboxylic acid groups (broad SMARTS) is 1. The lowest BCUT2D eigenvalue weighted by Gasteiger charge is -2.00. The molecule has 0 fully saturated rings. The van der Waals surface area contributed by atoms with Crippen molar-refractivity contribution in [3.8, 4) is 0 Å². The van der Waals surface area contributed by atoms with Gasteiger partial charge in [-0.1, -0.05) is 17.7 Å². The number of hydrogen-bond donors (Lipinski definition) is 1. The number of aromatic nitrogens is 2. The van der Waals surface area contributed by atoms with Gasteiger partial charge in [0.1, 0.15) is 5.56 Å². The Hall–Kier alpha value is -1.46.